The van der Waals surface area contributed by atoms with E-state index in [0.717, 1.165) is 41.4 Å². The lowest BCUT2D eigenvalue weighted by Gasteiger charge is -2.28. The van der Waals surface area contributed by atoms with E-state index < -0.39 is 0 Å². The number of nitrogens with zero attached hydrogens (tertiary/aromatic N) is 4. The fraction of sp³-hybridized carbons (Fsp3) is 0.368. The average Bonchev–Trinajstić information content (AvgIpc) is 2.97. The van der Waals surface area contributed by atoms with E-state index in [-0.39, 0.29) is 11.7 Å². The van der Waals surface area contributed by atoms with Crippen molar-refractivity contribution in [3.8, 4) is 0 Å². The number of benzene rings is 1. The van der Waals surface area contributed by atoms with E-state index in [0.29, 0.717) is 18.4 Å². The van der Waals surface area contributed by atoms with E-state index in [1.807, 2.05) is 17.5 Å². The van der Waals surface area contributed by atoms with Crippen LogP contribution in [0.5, 0.6) is 0 Å². The molecule has 7 heteroatoms. The molecule has 1 aromatic carbocycles. The predicted octanol–water partition coefficient (Wildman–Crippen LogP) is 3.82. The maximum absolute atomic E-state index is 13.3. The molecule has 0 N–H and O–H groups in total. The van der Waals surface area contributed by atoms with Crippen LogP contribution in [0.3, 0.4) is 0 Å². The molecular weight excluding hydrogens is 355 g/mol. The second-order valence-corrected chi connectivity index (χ2v) is 6.93. The molecule has 1 fully saturated rings. The van der Waals surface area contributed by atoms with E-state index >= 15 is 0 Å². The van der Waals surface area contributed by atoms with Gasteiger partial charge in [0, 0.05) is 30.6 Å². The Bertz CT molecular complexity index is 935. The Balaban J connectivity index is 1.84. The summed E-state index contributed by atoms with van der Waals surface area (Å²) in [4.78, 5) is 6.76. The van der Waals surface area contributed by atoms with Crippen molar-refractivity contribution < 1.29 is 9.13 Å². The Morgan fingerprint density at radius 3 is 2.58 bits per heavy atom. The van der Waals surface area contributed by atoms with Gasteiger partial charge in [0.05, 0.1) is 18.9 Å². The summed E-state index contributed by atoms with van der Waals surface area (Å²) in [6.45, 7) is 6.99. The summed E-state index contributed by atoms with van der Waals surface area (Å²) in [5.74, 6) is 0.703. The highest BCUT2D eigenvalue weighted by atomic mass is 35.5. The molecule has 0 spiro atoms. The molecule has 136 valence electrons. The molecule has 0 amide bonds. The zero-order valence-electron chi connectivity index (χ0n) is 14.7. The summed E-state index contributed by atoms with van der Waals surface area (Å²) in [5.41, 5.74) is 3.66. The average molecular weight is 375 g/mol. The van der Waals surface area contributed by atoms with Gasteiger partial charge in [0.1, 0.15) is 16.8 Å². The minimum atomic E-state index is -0.242. The SMILES string of the molecule is Cc1nn2c(N3CCOCC3)cc(Cl)nc2c1C(C)c1ccc(F)cc1. The molecule has 1 aliphatic heterocycles. The van der Waals surface area contributed by atoms with Crippen LogP contribution in [-0.2, 0) is 4.74 Å². The molecule has 1 aliphatic rings. The van der Waals surface area contributed by atoms with E-state index in [9.17, 15) is 4.39 Å². The van der Waals surface area contributed by atoms with E-state index in [1.54, 1.807) is 12.1 Å². The van der Waals surface area contributed by atoms with Crippen molar-refractivity contribution in [3.05, 3.63) is 58.1 Å². The van der Waals surface area contributed by atoms with E-state index in [2.05, 4.69) is 16.8 Å². The number of hydrogen-bond acceptors (Lipinski definition) is 4. The first kappa shape index (κ1) is 17.2. The van der Waals surface area contributed by atoms with Crippen LogP contribution >= 0.6 is 11.6 Å². The zero-order chi connectivity index (χ0) is 18.3. The molecule has 26 heavy (non-hydrogen) atoms. The van der Waals surface area contributed by atoms with E-state index in [1.165, 1.54) is 12.1 Å². The third kappa shape index (κ3) is 3.04. The van der Waals surface area contributed by atoms with Crippen molar-refractivity contribution in [3.63, 3.8) is 0 Å². The second kappa shape index (κ2) is 6.85. The summed E-state index contributed by atoms with van der Waals surface area (Å²) in [7, 11) is 0. The van der Waals surface area contributed by atoms with Crippen molar-refractivity contribution in [2.75, 3.05) is 31.2 Å². The Kier molecular flexibility index (Phi) is 4.54. The van der Waals surface area contributed by atoms with Gasteiger partial charge in [0.25, 0.3) is 0 Å². The smallest absolute Gasteiger partial charge is 0.163 e. The molecule has 1 unspecified atom stereocenters. The van der Waals surface area contributed by atoms with E-state index in [4.69, 9.17) is 21.4 Å². The number of halogens is 2. The first-order valence-electron chi connectivity index (χ1n) is 8.68. The number of hydrogen-bond donors (Lipinski definition) is 0. The molecule has 1 atom stereocenters. The first-order chi connectivity index (χ1) is 12.5. The van der Waals surface area contributed by atoms with Crippen molar-refractivity contribution in [1.82, 2.24) is 14.6 Å². The summed E-state index contributed by atoms with van der Waals surface area (Å²) < 4.78 is 20.6. The van der Waals surface area contributed by atoms with Gasteiger partial charge < -0.3 is 9.64 Å². The molecule has 0 saturated carbocycles. The summed E-state index contributed by atoms with van der Waals surface area (Å²) in [6.07, 6.45) is 0. The monoisotopic (exact) mass is 374 g/mol. The number of fused-ring (bicyclic) bond motifs is 1. The number of rotatable bonds is 3. The topological polar surface area (TPSA) is 42.7 Å². The Morgan fingerprint density at radius 2 is 1.88 bits per heavy atom. The van der Waals surface area contributed by atoms with Crippen molar-refractivity contribution in [2.45, 2.75) is 19.8 Å². The van der Waals surface area contributed by atoms with Gasteiger partial charge in [-0.25, -0.2) is 9.37 Å². The van der Waals surface area contributed by atoms with Gasteiger partial charge in [-0.05, 0) is 24.6 Å². The molecule has 0 radical (unpaired) electrons. The first-order valence-corrected chi connectivity index (χ1v) is 9.06. The molecule has 0 bridgehead atoms. The fourth-order valence-electron chi connectivity index (χ4n) is 3.54. The van der Waals surface area contributed by atoms with Crippen LogP contribution in [0.4, 0.5) is 10.2 Å². The number of morpholine rings is 1. The molecule has 2 aromatic heterocycles. The number of anilines is 1. The van der Waals surface area contributed by atoms with Crippen LogP contribution in [0.1, 0.15) is 29.7 Å². The van der Waals surface area contributed by atoms with Crippen molar-refractivity contribution in [2.24, 2.45) is 0 Å². The number of aromatic nitrogens is 3. The molecular formula is C19H20ClFN4O. The predicted molar refractivity (Wildman–Crippen MR) is 99.7 cm³/mol. The quantitative estimate of drug-likeness (QED) is 0.654. The largest absolute Gasteiger partial charge is 0.378 e. The van der Waals surface area contributed by atoms with Crippen LogP contribution in [0.15, 0.2) is 30.3 Å². The summed E-state index contributed by atoms with van der Waals surface area (Å²) >= 11 is 6.34. The van der Waals surface area contributed by atoms with Crippen molar-refractivity contribution >= 4 is 23.1 Å². The second-order valence-electron chi connectivity index (χ2n) is 6.54. The highest BCUT2D eigenvalue weighted by Gasteiger charge is 2.23. The van der Waals surface area contributed by atoms with Gasteiger partial charge in [-0.15, -0.1) is 0 Å². The van der Waals surface area contributed by atoms with Crippen LogP contribution in [0.2, 0.25) is 5.15 Å². The van der Waals surface area contributed by atoms with Crippen LogP contribution in [0, 0.1) is 12.7 Å². The van der Waals surface area contributed by atoms with Gasteiger partial charge in [0.2, 0.25) is 0 Å². The Morgan fingerprint density at radius 1 is 1.19 bits per heavy atom. The highest BCUT2D eigenvalue weighted by molar-refractivity contribution is 6.29. The molecule has 3 heterocycles. The van der Waals surface area contributed by atoms with Gasteiger partial charge in [-0.2, -0.15) is 9.61 Å². The van der Waals surface area contributed by atoms with Crippen LogP contribution in [0.25, 0.3) is 5.65 Å². The molecule has 3 aromatic rings. The van der Waals surface area contributed by atoms with Gasteiger partial charge in [0.15, 0.2) is 5.65 Å². The van der Waals surface area contributed by atoms with Gasteiger partial charge in [-0.1, -0.05) is 30.7 Å². The third-order valence-electron chi connectivity index (χ3n) is 4.90. The third-order valence-corrected chi connectivity index (χ3v) is 5.09. The molecule has 1 saturated heterocycles. The number of ether oxygens (including phenoxy) is 1. The number of aryl methyl sites for hydroxylation is 1. The lowest BCUT2D eigenvalue weighted by atomic mass is 9.93. The van der Waals surface area contributed by atoms with Gasteiger partial charge >= 0.3 is 0 Å². The highest BCUT2D eigenvalue weighted by Crippen LogP contribution is 2.32. The van der Waals surface area contributed by atoms with Crippen LogP contribution in [-0.4, -0.2) is 40.9 Å². The molecule has 4 rings (SSSR count). The fourth-order valence-corrected chi connectivity index (χ4v) is 3.72. The normalized spacial score (nSPS) is 16.2. The van der Waals surface area contributed by atoms with Gasteiger partial charge in [-0.3, -0.25) is 0 Å². The summed E-state index contributed by atoms with van der Waals surface area (Å²) in [6, 6.07) is 8.41. The molecule has 0 aliphatic carbocycles. The standard InChI is InChI=1S/C19H20ClFN4O/c1-12(14-3-5-15(21)6-4-14)18-13(2)23-25-17(11-16(20)22-19(18)25)24-7-9-26-10-8-24/h3-6,11-12H,7-10H2,1-2H3. The zero-order valence-corrected chi connectivity index (χ0v) is 15.5. The maximum Gasteiger partial charge on any atom is 0.163 e. The summed E-state index contributed by atoms with van der Waals surface area (Å²) in [5, 5.41) is 5.17. The van der Waals surface area contributed by atoms with Crippen LogP contribution < -0.4 is 4.90 Å². The maximum atomic E-state index is 13.3. The lowest BCUT2D eigenvalue weighted by Crippen LogP contribution is -2.37. The minimum absolute atomic E-state index is 0.0246. The van der Waals surface area contributed by atoms with Crippen molar-refractivity contribution in [1.29, 1.82) is 0 Å². The lowest BCUT2D eigenvalue weighted by molar-refractivity contribution is 0.122. The Labute approximate surface area is 156 Å². The minimum Gasteiger partial charge on any atom is -0.378 e. The molecule has 5 nitrogen and oxygen atoms in total. The Hall–Kier alpha value is -2.18.